The molecule has 3 N–H and O–H groups in total. The van der Waals surface area contributed by atoms with Gasteiger partial charge in [-0.1, -0.05) is 6.07 Å². The SMILES string of the molecule is CCN(CC)C(=O)c1ccnc(N2CCC[C@H](COc3cccc4c3C(N)=NS(=O)(=O)N4)C2)c1. The second-order valence-corrected chi connectivity index (χ2v) is 9.71. The van der Waals surface area contributed by atoms with Crippen LogP contribution in [-0.4, -0.2) is 62.8 Å². The summed E-state index contributed by atoms with van der Waals surface area (Å²) < 4.78 is 35.6. The van der Waals surface area contributed by atoms with Crippen LogP contribution in [0.4, 0.5) is 11.5 Å². The molecule has 0 aliphatic carbocycles. The maximum atomic E-state index is 12.7. The van der Waals surface area contributed by atoms with Crippen LogP contribution in [0, 0.1) is 5.92 Å². The number of ether oxygens (including phenoxy) is 1. The number of nitrogens with zero attached hydrogens (tertiary/aromatic N) is 4. The van der Waals surface area contributed by atoms with Crippen molar-refractivity contribution in [3.8, 4) is 5.75 Å². The number of hydrogen-bond acceptors (Lipinski definition) is 7. The molecular weight excluding hydrogens is 456 g/mol. The van der Waals surface area contributed by atoms with Gasteiger partial charge in [0.2, 0.25) is 0 Å². The van der Waals surface area contributed by atoms with E-state index in [9.17, 15) is 13.2 Å². The Morgan fingerprint density at radius 2 is 2.09 bits per heavy atom. The number of piperidine rings is 1. The third-order valence-corrected chi connectivity index (χ3v) is 7.02. The average Bonchev–Trinajstić information content (AvgIpc) is 2.82. The van der Waals surface area contributed by atoms with Crippen molar-refractivity contribution in [2.75, 3.05) is 42.4 Å². The summed E-state index contributed by atoms with van der Waals surface area (Å²) in [6.07, 6.45) is 3.64. The van der Waals surface area contributed by atoms with Crippen LogP contribution in [0.5, 0.6) is 5.75 Å². The highest BCUT2D eigenvalue weighted by Crippen LogP contribution is 2.31. The normalized spacial score (nSPS) is 18.9. The van der Waals surface area contributed by atoms with E-state index in [2.05, 4.69) is 19.0 Å². The lowest BCUT2D eigenvalue weighted by atomic mass is 9.98. The molecular formula is C23H30N6O4S. The zero-order valence-corrected chi connectivity index (χ0v) is 20.2. The fourth-order valence-corrected chi connectivity index (χ4v) is 5.22. The van der Waals surface area contributed by atoms with Crippen molar-refractivity contribution >= 4 is 33.5 Å². The third-order valence-electron chi connectivity index (χ3n) is 6.10. The Morgan fingerprint density at radius 3 is 2.85 bits per heavy atom. The van der Waals surface area contributed by atoms with Gasteiger partial charge in [-0.2, -0.15) is 8.42 Å². The summed E-state index contributed by atoms with van der Waals surface area (Å²) in [5.74, 6) is 1.42. The molecule has 182 valence electrons. The molecule has 0 radical (unpaired) electrons. The summed E-state index contributed by atoms with van der Waals surface area (Å²) in [5, 5.41) is 0. The second kappa shape index (κ2) is 9.88. The molecule has 1 fully saturated rings. The van der Waals surface area contributed by atoms with Crippen LogP contribution in [0.1, 0.15) is 42.6 Å². The van der Waals surface area contributed by atoms with Gasteiger partial charge in [-0.3, -0.25) is 9.52 Å². The summed E-state index contributed by atoms with van der Waals surface area (Å²) in [6, 6.07) is 8.71. The number of fused-ring (bicyclic) bond motifs is 1. The van der Waals surface area contributed by atoms with Gasteiger partial charge < -0.3 is 20.3 Å². The largest absolute Gasteiger partial charge is 0.492 e. The van der Waals surface area contributed by atoms with Gasteiger partial charge in [-0.15, -0.1) is 4.40 Å². The standard InChI is InChI=1S/C23H30N6O4S/c1-3-28(4-2)23(30)17-10-11-25-20(13-17)29-12-6-7-16(14-29)15-33-19-9-5-8-18-21(19)22(24)27-34(31,32)26-18/h5,8-11,13,16,26H,3-4,6-7,12,14-15H2,1-2H3,(H2,24,27)/t16-/m0/s1. The Morgan fingerprint density at radius 1 is 1.29 bits per heavy atom. The first-order valence-corrected chi connectivity index (χ1v) is 12.9. The Bertz CT molecular complexity index is 1200. The fraction of sp³-hybridized carbons (Fsp3) is 0.435. The summed E-state index contributed by atoms with van der Waals surface area (Å²) in [5.41, 5.74) is 7.36. The van der Waals surface area contributed by atoms with Gasteiger partial charge in [-0.05, 0) is 51.0 Å². The van der Waals surface area contributed by atoms with Crippen LogP contribution < -0.4 is 20.1 Å². The van der Waals surface area contributed by atoms with Crippen molar-refractivity contribution in [3.63, 3.8) is 0 Å². The highest BCUT2D eigenvalue weighted by atomic mass is 32.2. The van der Waals surface area contributed by atoms with E-state index in [1.54, 1.807) is 35.4 Å². The summed E-state index contributed by atoms with van der Waals surface area (Å²) >= 11 is 0. The van der Waals surface area contributed by atoms with Crippen molar-refractivity contribution in [1.29, 1.82) is 0 Å². The first-order chi connectivity index (χ1) is 16.3. The molecule has 3 heterocycles. The van der Waals surface area contributed by atoms with E-state index < -0.39 is 10.2 Å². The number of nitrogens with one attached hydrogen (secondary N) is 1. The molecule has 34 heavy (non-hydrogen) atoms. The minimum absolute atomic E-state index is 0.00858. The maximum absolute atomic E-state index is 12.7. The minimum atomic E-state index is -3.84. The fourth-order valence-electron chi connectivity index (χ4n) is 4.37. The number of rotatable bonds is 7. The molecule has 2 aliphatic heterocycles. The molecule has 4 rings (SSSR count). The smallest absolute Gasteiger partial charge is 0.344 e. The summed E-state index contributed by atoms with van der Waals surface area (Å²) in [4.78, 5) is 21.2. The number of hydrogen-bond donors (Lipinski definition) is 2. The second-order valence-electron chi connectivity index (χ2n) is 8.38. The number of nitrogens with two attached hydrogens (primary N) is 1. The molecule has 2 aromatic rings. The van der Waals surface area contributed by atoms with E-state index in [1.165, 1.54) is 0 Å². The molecule has 1 atom stereocenters. The Hall–Kier alpha value is -3.34. The van der Waals surface area contributed by atoms with Gasteiger partial charge >= 0.3 is 10.2 Å². The lowest BCUT2D eigenvalue weighted by molar-refractivity contribution is 0.0773. The van der Waals surface area contributed by atoms with Gasteiger partial charge in [0.05, 0.1) is 17.9 Å². The number of benzene rings is 1. The van der Waals surface area contributed by atoms with Crippen LogP contribution in [0.3, 0.4) is 0 Å². The first-order valence-electron chi connectivity index (χ1n) is 11.5. The summed E-state index contributed by atoms with van der Waals surface area (Å²) in [6.45, 7) is 7.29. The maximum Gasteiger partial charge on any atom is 0.344 e. The van der Waals surface area contributed by atoms with Crippen molar-refractivity contribution in [2.45, 2.75) is 26.7 Å². The third kappa shape index (κ3) is 5.09. The molecule has 0 bridgehead atoms. The lowest BCUT2D eigenvalue weighted by Crippen LogP contribution is -2.38. The first kappa shape index (κ1) is 23.8. The van der Waals surface area contributed by atoms with Crippen LogP contribution in [-0.2, 0) is 10.2 Å². The molecule has 1 aromatic heterocycles. The summed E-state index contributed by atoms with van der Waals surface area (Å²) in [7, 11) is -3.84. The molecule has 0 saturated carbocycles. The van der Waals surface area contributed by atoms with Crippen LogP contribution >= 0.6 is 0 Å². The van der Waals surface area contributed by atoms with E-state index in [4.69, 9.17) is 10.5 Å². The molecule has 11 heteroatoms. The molecule has 1 saturated heterocycles. The van der Waals surface area contributed by atoms with Crippen molar-refractivity contribution in [2.24, 2.45) is 16.0 Å². The molecule has 0 spiro atoms. The van der Waals surface area contributed by atoms with E-state index >= 15 is 0 Å². The predicted octanol–water partition coefficient (Wildman–Crippen LogP) is 2.23. The van der Waals surface area contributed by atoms with Crippen molar-refractivity contribution in [1.82, 2.24) is 9.88 Å². The highest BCUT2D eigenvalue weighted by molar-refractivity contribution is 7.91. The number of pyridine rings is 1. The minimum Gasteiger partial charge on any atom is -0.492 e. The van der Waals surface area contributed by atoms with Crippen molar-refractivity contribution < 1.29 is 17.9 Å². The van der Waals surface area contributed by atoms with E-state index in [-0.39, 0.29) is 17.7 Å². The number of amidine groups is 1. The number of carbonyl (C=O) groups excluding carboxylic acids is 1. The average molecular weight is 487 g/mol. The van der Waals surface area contributed by atoms with Gasteiger partial charge in [0.25, 0.3) is 5.91 Å². The monoisotopic (exact) mass is 486 g/mol. The number of aromatic nitrogens is 1. The number of amides is 1. The molecule has 0 unspecified atom stereocenters. The van der Waals surface area contributed by atoms with Crippen LogP contribution in [0.25, 0.3) is 0 Å². The Kier molecular flexibility index (Phi) is 6.92. The predicted molar refractivity (Wildman–Crippen MR) is 132 cm³/mol. The molecule has 1 aromatic carbocycles. The van der Waals surface area contributed by atoms with Gasteiger partial charge in [0, 0.05) is 43.9 Å². The zero-order chi connectivity index (χ0) is 24.3. The van der Waals surface area contributed by atoms with E-state index in [0.717, 1.165) is 31.7 Å². The highest BCUT2D eigenvalue weighted by Gasteiger charge is 2.26. The molecule has 10 nitrogen and oxygen atoms in total. The Labute approximate surface area is 200 Å². The van der Waals surface area contributed by atoms with Crippen LogP contribution in [0.2, 0.25) is 0 Å². The van der Waals surface area contributed by atoms with Gasteiger partial charge in [0.1, 0.15) is 11.6 Å². The van der Waals surface area contributed by atoms with Crippen LogP contribution in [0.15, 0.2) is 40.9 Å². The van der Waals surface area contributed by atoms with Gasteiger partial charge in [0.15, 0.2) is 5.84 Å². The van der Waals surface area contributed by atoms with E-state index in [0.29, 0.717) is 42.3 Å². The topological polar surface area (TPSA) is 130 Å². The zero-order valence-electron chi connectivity index (χ0n) is 19.4. The van der Waals surface area contributed by atoms with Gasteiger partial charge in [-0.25, -0.2) is 4.98 Å². The van der Waals surface area contributed by atoms with Crippen molar-refractivity contribution in [3.05, 3.63) is 47.7 Å². The quantitative estimate of drug-likeness (QED) is 0.614. The lowest BCUT2D eigenvalue weighted by Gasteiger charge is -2.34. The Balaban J connectivity index is 1.45. The van der Waals surface area contributed by atoms with E-state index in [1.807, 2.05) is 19.9 Å². The molecule has 1 amide bonds. The molecule has 2 aliphatic rings. The number of carbonyl (C=O) groups is 1. The number of anilines is 2.